The average molecular weight is 254 g/mol. The smallest absolute Gasteiger partial charge is 0.123 e. The van der Waals surface area contributed by atoms with Crippen molar-refractivity contribution in [1.29, 1.82) is 5.26 Å². The van der Waals surface area contributed by atoms with Crippen molar-refractivity contribution >= 4 is 0 Å². The van der Waals surface area contributed by atoms with Gasteiger partial charge in [0.15, 0.2) is 0 Å². The highest BCUT2D eigenvalue weighted by atomic mass is 19.1. The van der Waals surface area contributed by atoms with Gasteiger partial charge in [0.1, 0.15) is 5.82 Å². The van der Waals surface area contributed by atoms with E-state index in [0.29, 0.717) is 18.7 Å². The number of rotatable bonds is 4. The second kappa shape index (κ2) is 6.12. The zero-order valence-corrected chi connectivity index (χ0v) is 10.8. The fourth-order valence-electron chi connectivity index (χ4n) is 2.06. The monoisotopic (exact) mass is 254 g/mol. The molecule has 19 heavy (non-hydrogen) atoms. The van der Waals surface area contributed by atoms with Gasteiger partial charge in [-0.25, -0.2) is 4.39 Å². The maximum atomic E-state index is 13.1. The summed E-state index contributed by atoms with van der Waals surface area (Å²) in [6.45, 7) is 1.32. The summed E-state index contributed by atoms with van der Waals surface area (Å²) < 4.78 is 13.1. The van der Waals surface area contributed by atoms with Crippen molar-refractivity contribution in [2.75, 3.05) is 7.05 Å². The molecule has 0 spiro atoms. The molecule has 0 aromatic heterocycles. The van der Waals surface area contributed by atoms with Crippen LogP contribution in [-0.2, 0) is 13.1 Å². The third-order valence-electron chi connectivity index (χ3n) is 2.92. The van der Waals surface area contributed by atoms with Gasteiger partial charge in [0, 0.05) is 13.1 Å². The molecule has 0 fully saturated rings. The summed E-state index contributed by atoms with van der Waals surface area (Å²) >= 11 is 0. The molecular formula is C16H15FN2. The molecule has 0 heterocycles. The molecule has 0 aliphatic rings. The van der Waals surface area contributed by atoms with Gasteiger partial charge in [0.2, 0.25) is 0 Å². The Balaban J connectivity index is 2.06. The van der Waals surface area contributed by atoms with Gasteiger partial charge in [-0.15, -0.1) is 0 Å². The summed E-state index contributed by atoms with van der Waals surface area (Å²) in [5, 5.41) is 9.04. The highest BCUT2D eigenvalue weighted by Gasteiger charge is 2.06. The Labute approximate surface area is 112 Å². The molecule has 0 unspecified atom stereocenters. The van der Waals surface area contributed by atoms with Crippen LogP contribution in [0.4, 0.5) is 4.39 Å². The first kappa shape index (κ1) is 13.3. The molecule has 0 saturated heterocycles. The van der Waals surface area contributed by atoms with Crippen LogP contribution in [0.2, 0.25) is 0 Å². The lowest BCUT2D eigenvalue weighted by molar-refractivity contribution is 0.318. The number of hydrogen-bond acceptors (Lipinski definition) is 2. The SMILES string of the molecule is CN(Cc1cccc(F)c1)Cc1ccccc1C#N. The Bertz CT molecular complexity index is 602. The van der Waals surface area contributed by atoms with Crippen LogP contribution in [0.15, 0.2) is 48.5 Å². The number of halogens is 1. The van der Waals surface area contributed by atoms with Crippen LogP contribution >= 0.6 is 0 Å². The van der Waals surface area contributed by atoms with Gasteiger partial charge in [-0.1, -0.05) is 30.3 Å². The van der Waals surface area contributed by atoms with Crippen molar-refractivity contribution in [3.63, 3.8) is 0 Å². The van der Waals surface area contributed by atoms with Gasteiger partial charge >= 0.3 is 0 Å². The largest absolute Gasteiger partial charge is 0.298 e. The van der Waals surface area contributed by atoms with Crippen molar-refractivity contribution in [2.24, 2.45) is 0 Å². The molecule has 0 bridgehead atoms. The molecule has 0 saturated carbocycles. The molecule has 2 rings (SSSR count). The fraction of sp³-hybridized carbons (Fsp3) is 0.188. The highest BCUT2D eigenvalue weighted by Crippen LogP contribution is 2.12. The Kier molecular flexibility index (Phi) is 4.27. The van der Waals surface area contributed by atoms with Gasteiger partial charge in [0.05, 0.1) is 11.6 Å². The summed E-state index contributed by atoms with van der Waals surface area (Å²) in [4.78, 5) is 2.06. The first-order valence-corrected chi connectivity index (χ1v) is 6.10. The summed E-state index contributed by atoms with van der Waals surface area (Å²) in [6, 6.07) is 16.3. The summed E-state index contributed by atoms with van der Waals surface area (Å²) in [6.07, 6.45) is 0. The maximum absolute atomic E-state index is 13.1. The van der Waals surface area contributed by atoms with Crippen LogP contribution in [0.3, 0.4) is 0 Å². The van der Waals surface area contributed by atoms with Gasteiger partial charge in [0.25, 0.3) is 0 Å². The van der Waals surface area contributed by atoms with Crippen LogP contribution in [0, 0.1) is 17.1 Å². The van der Waals surface area contributed by atoms with E-state index in [-0.39, 0.29) is 5.82 Å². The molecule has 2 aromatic rings. The minimum Gasteiger partial charge on any atom is -0.298 e. The summed E-state index contributed by atoms with van der Waals surface area (Å²) in [5.41, 5.74) is 2.61. The van der Waals surface area contributed by atoms with Gasteiger partial charge < -0.3 is 0 Å². The highest BCUT2D eigenvalue weighted by molar-refractivity contribution is 5.37. The second-order valence-electron chi connectivity index (χ2n) is 4.57. The number of benzene rings is 2. The molecule has 0 amide bonds. The van der Waals surface area contributed by atoms with Crippen LogP contribution in [0.5, 0.6) is 0 Å². The molecule has 2 aromatic carbocycles. The maximum Gasteiger partial charge on any atom is 0.123 e. The van der Waals surface area contributed by atoms with E-state index in [4.69, 9.17) is 5.26 Å². The Morgan fingerprint density at radius 2 is 1.89 bits per heavy atom. The third kappa shape index (κ3) is 3.64. The Morgan fingerprint density at radius 3 is 2.63 bits per heavy atom. The normalized spacial score (nSPS) is 10.4. The van der Waals surface area contributed by atoms with E-state index in [0.717, 1.165) is 11.1 Å². The number of hydrogen-bond donors (Lipinski definition) is 0. The molecule has 0 aliphatic heterocycles. The van der Waals surface area contributed by atoms with Crippen molar-refractivity contribution in [3.8, 4) is 6.07 Å². The van der Waals surface area contributed by atoms with E-state index in [2.05, 4.69) is 11.0 Å². The predicted octanol–water partition coefficient (Wildman–Crippen LogP) is 3.33. The van der Waals surface area contributed by atoms with E-state index >= 15 is 0 Å². The fourth-order valence-corrected chi connectivity index (χ4v) is 2.06. The van der Waals surface area contributed by atoms with Crippen LogP contribution < -0.4 is 0 Å². The average Bonchev–Trinajstić information content (AvgIpc) is 2.39. The minimum absolute atomic E-state index is 0.219. The molecule has 0 atom stereocenters. The van der Waals surface area contributed by atoms with Crippen molar-refractivity contribution in [3.05, 3.63) is 71.0 Å². The van der Waals surface area contributed by atoms with E-state index in [1.807, 2.05) is 37.4 Å². The number of nitrogens with zero attached hydrogens (tertiary/aromatic N) is 2. The molecule has 96 valence electrons. The van der Waals surface area contributed by atoms with Crippen molar-refractivity contribution in [1.82, 2.24) is 4.90 Å². The van der Waals surface area contributed by atoms with Crippen molar-refractivity contribution in [2.45, 2.75) is 13.1 Å². The van der Waals surface area contributed by atoms with Crippen molar-refractivity contribution < 1.29 is 4.39 Å². The van der Waals surface area contributed by atoms with E-state index in [1.54, 1.807) is 6.07 Å². The van der Waals surface area contributed by atoms with Crippen LogP contribution in [0.1, 0.15) is 16.7 Å². The predicted molar refractivity (Wildman–Crippen MR) is 72.7 cm³/mol. The lowest BCUT2D eigenvalue weighted by Crippen LogP contribution is -2.18. The lowest BCUT2D eigenvalue weighted by Gasteiger charge is -2.17. The standard InChI is InChI=1S/C16H15FN2/c1-19(11-13-5-4-8-16(17)9-13)12-15-7-3-2-6-14(15)10-18/h2-9H,11-12H2,1H3. The second-order valence-corrected chi connectivity index (χ2v) is 4.57. The first-order valence-electron chi connectivity index (χ1n) is 6.10. The van der Waals surface area contributed by atoms with E-state index in [1.165, 1.54) is 12.1 Å². The van der Waals surface area contributed by atoms with Gasteiger partial charge in [-0.05, 0) is 36.4 Å². The zero-order chi connectivity index (χ0) is 13.7. The molecule has 0 aliphatic carbocycles. The zero-order valence-electron chi connectivity index (χ0n) is 10.8. The molecule has 0 N–H and O–H groups in total. The Hall–Kier alpha value is -2.18. The third-order valence-corrected chi connectivity index (χ3v) is 2.92. The molecule has 0 radical (unpaired) electrons. The minimum atomic E-state index is -0.219. The van der Waals surface area contributed by atoms with Crippen LogP contribution in [-0.4, -0.2) is 11.9 Å². The van der Waals surface area contributed by atoms with Gasteiger partial charge in [-0.2, -0.15) is 5.26 Å². The Morgan fingerprint density at radius 1 is 1.11 bits per heavy atom. The van der Waals surface area contributed by atoms with E-state index in [9.17, 15) is 4.39 Å². The molecule has 3 heteroatoms. The number of nitriles is 1. The topological polar surface area (TPSA) is 27.0 Å². The van der Waals surface area contributed by atoms with Gasteiger partial charge in [-0.3, -0.25) is 4.90 Å². The summed E-state index contributed by atoms with van der Waals surface area (Å²) in [5.74, 6) is -0.219. The van der Waals surface area contributed by atoms with Crippen LogP contribution in [0.25, 0.3) is 0 Å². The lowest BCUT2D eigenvalue weighted by atomic mass is 10.1. The quantitative estimate of drug-likeness (QED) is 0.836. The van der Waals surface area contributed by atoms with E-state index < -0.39 is 0 Å². The molecule has 2 nitrogen and oxygen atoms in total. The molecular weight excluding hydrogens is 239 g/mol. The first-order chi connectivity index (χ1) is 9.19. The summed E-state index contributed by atoms with van der Waals surface area (Å²) in [7, 11) is 1.96.